The first-order chi connectivity index (χ1) is 5.81. The summed E-state index contributed by atoms with van der Waals surface area (Å²) in [6.07, 6.45) is 0. The van der Waals surface area contributed by atoms with Crippen LogP contribution in [0.3, 0.4) is 0 Å². The zero-order valence-corrected chi connectivity index (χ0v) is 7.86. The van der Waals surface area contributed by atoms with Gasteiger partial charge in [0.25, 0.3) is 0 Å². The second-order valence-electron chi connectivity index (χ2n) is 3.13. The average molecular weight is 184 g/mol. The Morgan fingerprint density at radius 1 is 1.75 bits per heavy atom. The van der Waals surface area contributed by atoms with Crippen LogP contribution in [0.4, 0.5) is 0 Å². The van der Waals surface area contributed by atoms with Gasteiger partial charge in [-0.1, -0.05) is 0 Å². The van der Waals surface area contributed by atoms with Gasteiger partial charge in [0, 0.05) is 18.5 Å². The summed E-state index contributed by atoms with van der Waals surface area (Å²) in [6, 6.07) is 0. The van der Waals surface area contributed by atoms with Crippen molar-refractivity contribution >= 4 is 11.3 Å². The van der Waals surface area contributed by atoms with Crippen LogP contribution in [-0.2, 0) is 10.3 Å². The molecule has 1 unspecified atom stereocenters. The van der Waals surface area contributed by atoms with Gasteiger partial charge in [-0.2, -0.15) is 0 Å². The lowest BCUT2D eigenvalue weighted by Gasteiger charge is -2.32. The molecule has 1 aliphatic heterocycles. The predicted octanol–water partition coefficient (Wildman–Crippen LogP) is 0.978. The molecule has 0 saturated carbocycles. The molecule has 2 rings (SSSR count). The largest absolute Gasteiger partial charge is 0.366 e. The molecule has 1 aromatic rings. The smallest absolute Gasteiger partial charge is 0.120 e. The summed E-state index contributed by atoms with van der Waals surface area (Å²) in [7, 11) is 0. The van der Waals surface area contributed by atoms with Gasteiger partial charge in [-0.15, -0.1) is 11.3 Å². The highest BCUT2D eigenvalue weighted by molar-refractivity contribution is 7.07. The molecule has 1 aromatic heterocycles. The van der Waals surface area contributed by atoms with Crippen LogP contribution in [0.1, 0.15) is 12.6 Å². The Labute approximate surface area is 75.8 Å². The molecule has 0 aromatic carbocycles. The van der Waals surface area contributed by atoms with Gasteiger partial charge in [-0.05, 0) is 6.92 Å². The summed E-state index contributed by atoms with van der Waals surface area (Å²) in [5.74, 6) is 0. The fraction of sp³-hybridized carbons (Fsp3) is 0.625. The van der Waals surface area contributed by atoms with Gasteiger partial charge < -0.3 is 10.1 Å². The lowest BCUT2D eigenvalue weighted by Crippen LogP contribution is -2.45. The van der Waals surface area contributed by atoms with Crippen molar-refractivity contribution in [2.24, 2.45) is 0 Å². The summed E-state index contributed by atoms with van der Waals surface area (Å²) in [5.41, 5.74) is 2.68. The van der Waals surface area contributed by atoms with Crippen LogP contribution in [-0.4, -0.2) is 24.7 Å². The zero-order chi connectivity index (χ0) is 8.44. The molecular formula is C8H12N2OS. The second kappa shape index (κ2) is 3.12. The zero-order valence-electron chi connectivity index (χ0n) is 7.04. The van der Waals surface area contributed by atoms with Crippen molar-refractivity contribution in [3.8, 4) is 0 Å². The van der Waals surface area contributed by atoms with E-state index in [1.807, 2.05) is 10.9 Å². The van der Waals surface area contributed by atoms with E-state index >= 15 is 0 Å². The van der Waals surface area contributed by atoms with E-state index in [1.54, 1.807) is 11.3 Å². The van der Waals surface area contributed by atoms with Crippen molar-refractivity contribution in [1.82, 2.24) is 10.3 Å². The molecule has 0 aliphatic carbocycles. The molecule has 0 bridgehead atoms. The SMILES string of the molecule is CC1(c2cscn2)CNCCO1. The summed E-state index contributed by atoms with van der Waals surface area (Å²) in [5, 5.41) is 5.35. The fourth-order valence-electron chi connectivity index (χ4n) is 1.36. The Hall–Kier alpha value is -0.450. The van der Waals surface area contributed by atoms with Crippen LogP contribution in [0, 0.1) is 0 Å². The van der Waals surface area contributed by atoms with Crippen LogP contribution in [0.2, 0.25) is 0 Å². The summed E-state index contributed by atoms with van der Waals surface area (Å²) < 4.78 is 5.69. The highest BCUT2D eigenvalue weighted by Gasteiger charge is 2.31. The number of ether oxygens (including phenoxy) is 1. The van der Waals surface area contributed by atoms with E-state index in [9.17, 15) is 0 Å². The number of hydrogen-bond donors (Lipinski definition) is 1. The highest BCUT2D eigenvalue weighted by Crippen LogP contribution is 2.25. The number of morpholine rings is 1. The van der Waals surface area contributed by atoms with Crippen molar-refractivity contribution in [3.63, 3.8) is 0 Å². The Morgan fingerprint density at radius 3 is 3.25 bits per heavy atom. The van der Waals surface area contributed by atoms with Crippen molar-refractivity contribution in [2.75, 3.05) is 19.7 Å². The van der Waals surface area contributed by atoms with Crippen LogP contribution in [0.15, 0.2) is 10.9 Å². The fourth-order valence-corrected chi connectivity index (χ4v) is 2.04. The van der Waals surface area contributed by atoms with E-state index in [2.05, 4.69) is 17.2 Å². The Balaban J connectivity index is 2.19. The Bertz CT molecular complexity index is 242. The quantitative estimate of drug-likeness (QED) is 0.706. The average Bonchev–Trinajstić information content (AvgIpc) is 2.58. The molecule has 2 heterocycles. The molecular weight excluding hydrogens is 172 g/mol. The Morgan fingerprint density at radius 2 is 2.67 bits per heavy atom. The van der Waals surface area contributed by atoms with Crippen molar-refractivity contribution in [1.29, 1.82) is 0 Å². The molecule has 1 aliphatic rings. The number of nitrogens with one attached hydrogen (secondary N) is 1. The van der Waals surface area contributed by atoms with Gasteiger partial charge in [0.05, 0.1) is 17.8 Å². The molecule has 1 N–H and O–H groups in total. The van der Waals surface area contributed by atoms with Gasteiger partial charge in [0.1, 0.15) is 5.60 Å². The van der Waals surface area contributed by atoms with Gasteiger partial charge in [0.2, 0.25) is 0 Å². The number of nitrogens with zero attached hydrogens (tertiary/aromatic N) is 1. The van der Waals surface area contributed by atoms with E-state index in [4.69, 9.17) is 4.74 Å². The maximum Gasteiger partial charge on any atom is 0.120 e. The van der Waals surface area contributed by atoms with Crippen LogP contribution < -0.4 is 5.32 Å². The minimum atomic E-state index is -0.210. The van der Waals surface area contributed by atoms with Crippen molar-refractivity contribution in [3.05, 3.63) is 16.6 Å². The van der Waals surface area contributed by atoms with Crippen LogP contribution >= 0.6 is 11.3 Å². The molecule has 66 valence electrons. The van der Waals surface area contributed by atoms with E-state index in [0.29, 0.717) is 0 Å². The maximum absolute atomic E-state index is 5.69. The minimum Gasteiger partial charge on any atom is -0.366 e. The molecule has 0 radical (unpaired) electrons. The number of thiazole rings is 1. The first kappa shape index (κ1) is 8.16. The minimum absolute atomic E-state index is 0.210. The van der Waals surface area contributed by atoms with Crippen molar-refractivity contribution in [2.45, 2.75) is 12.5 Å². The van der Waals surface area contributed by atoms with E-state index in [-0.39, 0.29) is 5.60 Å². The summed E-state index contributed by atoms with van der Waals surface area (Å²) in [6.45, 7) is 4.65. The van der Waals surface area contributed by atoms with Crippen molar-refractivity contribution < 1.29 is 4.74 Å². The van der Waals surface area contributed by atoms with Gasteiger partial charge >= 0.3 is 0 Å². The molecule has 0 amide bonds. The van der Waals surface area contributed by atoms with E-state index in [1.165, 1.54) is 0 Å². The van der Waals surface area contributed by atoms with E-state index < -0.39 is 0 Å². The van der Waals surface area contributed by atoms with Gasteiger partial charge in [-0.25, -0.2) is 4.98 Å². The number of rotatable bonds is 1. The molecule has 0 spiro atoms. The maximum atomic E-state index is 5.69. The third-order valence-corrected chi connectivity index (χ3v) is 2.72. The van der Waals surface area contributed by atoms with E-state index in [0.717, 1.165) is 25.4 Å². The second-order valence-corrected chi connectivity index (χ2v) is 3.85. The first-order valence-electron chi connectivity index (χ1n) is 4.05. The third-order valence-electron chi connectivity index (χ3n) is 2.14. The van der Waals surface area contributed by atoms with Crippen LogP contribution in [0.25, 0.3) is 0 Å². The standard InChI is InChI=1S/C8H12N2OS/c1-8(5-9-2-3-11-8)7-4-12-6-10-7/h4,6,9H,2-3,5H2,1H3. The summed E-state index contributed by atoms with van der Waals surface area (Å²) in [4.78, 5) is 4.27. The van der Waals surface area contributed by atoms with Gasteiger partial charge in [-0.3, -0.25) is 0 Å². The molecule has 4 heteroatoms. The predicted molar refractivity (Wildman–Crippen MR) is 48.3 cm³/mol. The lowest BCUT2D eigenvalue weighted by molar-refractivity contribution is -0.0597. The normalized spacial score (nSPS) is 30.4. The highest BCUT2D eigenvalue weighted by atomic mass is 32.1. The third kappa shape index (κ3) is 1.37. The number of hydrogen-bond acceptors (Lipinski definition) is 4. The Kier molecular flexibility index (Phi) is 2.12. The molecule has 1 saturated heterocycles. The van der Waals surface area contributed by atoms with Crippen LogP contribution in [0.5, 0.6) is 0 Å². The molecule has 1 fully saturated rings. The number of aromatic nitrogens is 1. The monoisotopic (exact) mass is 184 g/mol. The molecule has 3 nitrogen and oxygen atoms in total. The molecule has 12 heavy (non-hydrogen) atoms. The lowest BCUT2D eigenvalue weighted by atomic mass is 10.0. The first-order valence-corrected chi connectivity index (χ1v) is 4.99. The van der Waals surface area contributed by atoms with Gasteiger partial charge in [0.15, 0.2) is 0 Å². The molecule has 1 atom stereocenters. The topological polar surface area (TPSA) is 34.2 Å². The summed E-state index contributed by atoms with van der Waals surface area (Å²) >= 11 is 1.61.